The summed E-state index contributed by atoms with van der Waals surface area (Å²) in [6.07, 6.45) is -4.83. The number of fused-ring (bicyclic) bond motifs is 6. The lowest BCUT2D eigenvalue weighted by Crippen LogP contribution is -2.10. The molecule has 0 aliphatic carbocycles. The maximum atomic E-state index is 14.9. The fourth-order valence-electron chi connectivity index (χ4n) is 8.70. The van der Waals surface area contributed by atoms with Crippen LogP contribution < -0.4 is 0 Å². The Balaban J connectivity index is 1.33. The number of hydrogen-bond acceptors (Lipinski definition) is 4. The minimum Gasteiger partial charge on any atom is -0.307 e. The average Bonchev–Trinajstić information content (AvgIpc) is 3.82. The van der Waals surface area contributed by atoms with Crippen molar-refractivity contribution in [3.8, 4) is 69.0 Å². The van der Waals surface area contributed by atoms with E-state index in [9.17, 15) is 34.2 Å². The van der Waals surface area contributed by atoms with Crippen molar-refractivity contribution >= 4 is 43.6 Å². The van der Waals surface area contributed by atoms with Crippen LogP contribution in [0.1, 0.15) is 27.8 Å². The summed E-state index contributed by atoms with van der Waals surface area (Å²) in [6, 6.07) is 57.6. The summed E-state index contributed by atoms with van der Waals surface area (Å²) in [6.45, 7) is 0. The first-order valence-corrected chi connectivity index (χ1v) is 19.5. The second-order valence-electron chi connectivity index (χ2n) is 14.9. The molecule has 0 spiro atoms. The third-order valence-corrected chi connectivity index (χ3v) is 11.5. The smallest absolute Gasteiger partial charge is 0.307 e. The molecule has 6 nitrogen and oxygen atoms in total. The van der Waals surface area contributed by atoms with E-state index < -0.39 is 11.7 Å². The molecule has 8 aromatic carbocycles. The summed E-state index contributed by atoms with van der Waals surface area (Å²) in [5.41, 5.74) is 7.20. The first-order valence-electron chi connectivity index (χ1n) is 19.5. The Morgan fingerprint density at radius 2 is 0.839 bits per heavy atom. The molecule has 0 N–H and O–H groups in total. The van der Waals surface area contributed by atoms with E-state index in [0.717, 1.165) is 71.9 Å². The monoisotopic (exact) mass is 804 g/mol. The highest BCUT2D eigenvalue weighted by molar-refractivity contribution is 6.13. The van der Waals surface area contributed by atoms with Crippen molar-refractivity contribution in [1.29, 1.82) is 21.0 Å². The molecule has 0 aliphatic heterocycles. The van der Waals surface area contributed by atoms with Crippen molar-refractivity contribution < 1.29 is 13.2 Å². The zero-order valence-corrected chi connectivity index (χ0v) is 32.4. The van der Waals surface area contributed by atoms with Crippen LogP contribution in [0.5, 0.6) is 0 Å². The summed E-state index contributed by atoms with van der Waals surface area (Å²) >= 11 is 0. The van der Waals surface area contributed by atoms with E-state index in [1.807, 2.05) is 112 Å². The summed E-state index contributed by atoms with van der Waals surface area (Å²) in [5.74, 6) is 0. The Hall–Kier alpha value is -8.89. The van der Waals surface area contributed by atoms with Gasteiger partial charge in [0.2, 0.25) is 0 Å². The van der Waals surface area contributed by atoms with Gasteiger partial charge in [0.05, 0.1) is 85.5 Å². The van der Waals surface area contributed by atoms with Gasteiger partial charge in [-0.1, -0.05) is 78.9 Å². The normalized spacial score (nSPS) is 11.4. The average molecular weight is 805 g/mol. The molecule has 0 fully saturated rings. The third kappa shape index (κ3) is 5.93. The van der Waals surface area contributed by atoms with E-state index in [1.54, 1.807) is 36.4 Å². The lowest BCUT2D eigenvalue weighted by molar-refractivity contribution is -0.137. The standard InChI is InChI=1S/C53H27F3N6/c54-53(55,56)45-9-5-6-38(30-59)52(45)42-27-51(62-47-11-4-2-8-41(47)44-25-37(21-23-49(44)62)35-18-14-33(29-58)15-19-35)50(26-39(42)31-60)61-46-10-3-1-7-40(46)43-24-36(20-22-48(43)61)34-16-12-32(28-57)13-17-34/h1-27H. The molecule has 10 aromatic rings. The van der Waals surface area contributed by atoms with Crippen molar-refractivity contribution in [3.63, 3.8) is 0 Å². The van der Waals surface area contributed by atoms with E-state index in [4.69, 9.17) is 0 Å². The van der Waals surface area contributed by atoms with Crippen LogP contribution in [-0.4, -0.2) is 9.13 Å². The van der Waals surface area contributed by atoms with Crippen molar-refractivity contribution in [2.24, 2.45) is 0 Å². The molecule has 0 amide bonds. The Kier molecular flexibility index (Phi) is 8.70. The van der Waals surface area contributed by atoms with Crippen molar-refractivity contribution in [1.82, 2.24) is 9.13 Å². The maximum absolute atomic E-state index is 14.9. The van der Waals surface area contributed by atoms with E-state index in [0.29, 0.717) is 22.5 Å². The molecule has 10 rings (SSSR count). The van der Waals surface area contributed by atoms with Crippen LogP contribution in [0.4, 0.5) is 13.2 Å². The van der Waals surface area contributed by atoms with Crippen LogP contribution in [-0.2, 0) is 6.18 Å². The van der Waals surface area contributed by atoms with E-state index in [1.165, 1.54) is 12.1 Å². The number of hydrogen-bond donors (Lipinski definition) is 0. The highest BCUT2D eigenvalue weighted by Crippen LogP contribution is 2.45. The SMILES string of the molecule is N#Cc1ccc(-c2ccc3c(c2)c2ccccc2n3-c2cc(C#N)c(-c3c(C#N)cccc3C(F)(F)F)cc2-n2c3ccccc3c3cc(-c4ccc(C#N)cc4)ccc32)cc1. The van der Waals surface area contributed by atoms with Crippen LogP contribution in [0, 0.1) is 45.3 Å². The maximum Gasteiger partial charge on any atom is 0.417 e. The van der Waals surface area contributed by atoms with Crippen molar-refractivity contribution in [3.05, 3.63) is 192 Å². The van der Waals surface area contributed by atoms with Gasteiger partial charge in [-0.2, -0.15) is 34.2 Å². The van der Waals surface area contributed by atoms with Gasteiger partial charge in [-0.3, -0.25) is 0 Å². The molecule has 62 heavy (non-hydrogen) atoms. The molecule has 2 aromatic heterocycles. The Bertz CT molecular complexity index is 3660. The van der Waals surface area contributed by atoms with Gasteiger partial charge in [0.15, 0.2) is 0 Å². The van der Waals surface area contributed by atoms with Crippen LogP contribution in [0.15, 0.2) is 164 Å². The highest BCUT2D eigenvalue weighted by Gasteiger charge is 2.36. The Morgan fingerprint density at radius 1 is 0.387 bits per heavy atom. The quantitative estimate of drug-likeness (QED) is 0.173. The van der Waals surface area contributed by atoms with Crippen LogP contribution in [0.3, 0.4) is 0 Å². The molecule has 290 valence electrons. The number of halogens is 3. The molecular formula is C53H27F3N6. The van der Waals surface area contributed by atoms with E-state index in [2.05, 4.69) is 30.3 Å². The van der Waals surface area contributed by atoms with Gasteiger partial charge < -0.3 is 9.13 Å². The predicted octanol–water partition coefficient (Wildman–Crippen LogP) is 13.4. The fraction of sp³-hybridized carbons (Fsp3) is 0.0189. The summed E-state index contributed by atoms with van der Waals surface area (Å²) in [5, 5.41) is 43.5. The van der Waals surface area contributed by atoms with Crippen LogP contribution >= 0.6 is 0 Å². The van der Waals surface area contributed by atoms with Gasteiger partial charge in [0.1, 0.15) is 0 Å². The van der Waals surface area contributed by atoms with Gasteiger partial charge in [0, 0.05) is 32.7 Å². The minimum atomic E-state index is -4.83. The number of benzene rings is 8. The molecule has 0 radical (unpaired) electrons. The number of alkyl halides is 3. The lowest BCUT2D eigenvalue weighted by Gasteiger charge is -2.21. The topological polar surface area (TPSA) is 105 Å². The number of nitriles is 4. The second kappa shape index (κ2) is 14.4. The van der Waals surface area contributed by atoms with Crippen molar-refractivity contribution in [2.45, 2.75) is 6.18 Å². The third-order valence-electron chi connectivity index (χ3n) is 11.5. The summed E-state index contributed by atoms with van der Waals surface area (Å²) in [7, 11) is 0. The largest absolute Gasteiger partial charge is 0.417 e. The van der Waals surface area contributed by atoms with E-state index >= 15 is 0 Å². The zero-order valence-electron chi connectivity index (χ0n) is 32.4. The molecule has 2 heterocycles. The molecule has 0 bridgehead atoms. The molecule has 0 atom stereocenters. The first-order chi connectivity index (χ1) is 30.2. The highest BCUT2D eigenvalue weighted by atomic mass is 19.4. The van der Waals surface area contributed by atoms with Crippen LogP contribution in [0.25, 0.3) is 88.4 Å². The first kappa shape index (κ1) is 37.4. The summed E-state index contributed by atoms with van der Waals surface area (Å²) < 4.78 is 48.8. The van der Waals surface area contributed by atoms with Gasteiger partial charge in [-0.25, -0.2) is 0 Å². The molecule has 0 saturated heterocycles. The minimum absolute atomic E-state index is 0.0280. The van der Waals surface area contributed by atoms with Gasteiger partial charge >= 0.3 is 6.18 Å². The Morgan fingerprint density at radius 3 is 1.31 bits per heavy atom. The lowest BCUT2D eigenvalue weighted by atomic mass is 9.90. The van der Waals surface area contributed by atoms with E-state index in [-0.39, 0.29) is 22.3 Å². The van der Waals surface area contributed by atoms with Gasteiger partial charge in [0.25, 0.3) is 0 Å². The van der Waals surface area contributed by atoms with Crippen LogP contribution in [0.2, 0.25) is 0 Å². The zero-order chi connectivity index (χ0) is 42.7. The van der Waals surface area contributed by atoms with Crippen molar-refractivity contribution in [2.75, 3.05) is 0 Å². The molecule has 0 unspecified atom stereocenters. The molecule has 0 saturated carbocycles. The number of aromatic nitrogens is 2. The molecular weight excluding hydrogens is 778 g/mol. The number of nitrogens with zero attached hydrogens (tertiary/aromatic N) is 6. The number of para-hydroxylation sites is 2. The Labute approximate surface area is 352 Å². The van der Waals surface area contributed by atoms with Gasteiger partial charge in [-0.05, 0) is 107 Å². The fourth-order valence-corrected chi connectivity index (χ4v) is 8.70. The molecule has 9 heteroatoms. The number of rotatable bonds is 5. The summed E-state index contributed by atoms with van der Waals surface area (Å²) in [4.78, 5) is 0. The predicted molar refractivity (Wildman–Crippen MR) is 235 cm³/mol. The van der Waals surface area contributed by atoms with Gasteiger partial charge in [-0.15, -0.1) is 0 Å². The molecule has 0 aliphatic rings. The second-order valence-corrected chi connectivity index (χ2v) is 14.9.